The average molecular weight is 461 g/mol. The number of carbonyl (C=O) groups is 3. The molecule has 0 radical (unpaired) electrons. The Kier molecular flexibility index (Phi) is 5.51. The Labute approximate surface area is 197 Å². The molecule has 0 N–H and O–H groups in total. The highest BCUT2D eigenvalue weighted by molar-refractivity contribution is 5.94. The summed E-state index contributed by atoms with van der Waals surface area (Å²) in [5, 5.41) is 0. The second-order valence-corrected chi connectivity index (χ2v) is 12.1. The molecule has 33 heavy (non-hydrogen) atoms. The molecule has 5 rings (SSSR count). The van der Waals surface area contributed by atoms with Crippen molar-refractivity contribution in [2.75, 3.05) is 7.11 Å². The molecule has 1 aliphatic heterocycles. The lowest BCUT2D eigenvalue weighted by molar-refractivity contribution is -0.161. The zero-order valence-corrected chi connectivity index (χ0v) is 20.9. The van der Waals surface area contributed by atoms with Crippen LogP contribution in [0.3, 0.4) is 0 Å². The van der Waals surface area contributed by atoms with E-state index < -0.39 is 0 Å². The molecule has 6 nitrogen and oxygen atoms in total. The van der Waals surface area contributed by atoms with E-state index in [0.717, 1.165) is 51.4 Å². The van der Waals surface area contributed by atoms with Crippen LogP contribution in [0.5, 0.6) is 0 Å². The molecule has 6 heteroatoms. The van der Waals surface area contributed by atoms with E-state index in [1.54, 1.807) is 0 Å². The predicted molar refractivity (Wildman–Crippen MR) is 121 cm³/mol. The third-order valence-corrected chi connectivity index (χ3v) is 11.0. The highest BCUT2D eigenvalue weighted by Gasteiger charge is 2.83. The summed E-state index contributed by atoms with van der Waals surface area (Å²) in [5.74, 6) is 1.78. The third-order valence-electron chi connectivity index (χ3n) is 11.0. The van der Waals surface area contributed by atoms with Crippen molar-refractivity contribution >= 4 is 17.7 Å². The van der Waals surface area contributed by atoms with E-state index in [0.29, 0.717) is 41.8 Å². The van der Waals surface area contributed by atoms with Crippen molar-refractivity contribution < 1.29 is 28.6 Å². The quantitative estimate of drug-likeness (QED) is 0.444. The highest BCUT2D eigenvalue weighted by Crippen LogP contribution is 2.75. The van der Waals surface area contributed by atoms with Gasteiger partial charge in [0.05, 0.1) is 7.11 Å². The van der Waals surface area contributed by atoms with Gasteiger partial charge in [0.2, 0.25) is 0 Å². The number of carbonyl (C=O) groups excluding carboxylic acids is 3. The maximum absolute atomic E-state index is 14.1. The number of ether oxygens (including phenoxy) is 3. The molecule has 4 saturated carbocycles. The van der Waals surface area contributed by atoms with Crippen LogP contribution in [0.25, 0.3) is 0 Å². The van der Waals surface area contributed by atoms with Crippen LogP contribution < -0.4 is 0 Å². The number of hydrogen-bond acceptors (Lipinski definition) is 6. The Bertz CT molecular complexity index is 854. The molecule has 0 amide bonds. The minimum absolute atomic E-state index is 0.00167. The number of methoxy groups -OCH3 is 1. The summed E-state index contributed by atoms with van der Waals surface area (Å²) in [5.41, 5.74) is -0.700. The summed E-state index contributed by atoms with van der Waals surface area (Å²) >= 11 is 0. The minimum atomic E-state index is -0.358. The molecular weight excluding hydrogens is 420 g/mol. The zero-order chi connectivity index (χ0) is 23.8. The van der Waals surface area contributed by atoms with E-state index in [9.17, 15) is 14.4 Å². The molecule has 5 fully saturated rings. The van der Waals surface area contributed by atoms with E-state index >= 15 is 0 Å². The molecule has 0 aromatic rings. The van der Waals surface area contributed by atoms with Gasteiger partial charge in [-0.2, -0.15) is 0 Å². The largest absolute Gasteiger partial charge is 0.469 e. The van der Waals surface area contributed by atoms with Gasteiger partial charge >= 0.3 is 11.9 Å². The molecule has 4 aliphatic carbocycles. The molecule has 184 valence electrons. The van der Waals surface area contributed by atoms with Crippen LogP contribution >= 0.6 is 0 Å². The normalized spacial score (nSPS) is 48.6. The van der Waals surface area contributed by atoms with Crippen molar-refractivity contribution in [2.24, 2.45) is 40.4 Å². The first-order valence-electron chi connectivity index (χ1n) is 13.1. The van der Waals surface area contributed by atoms with Crippen molar-refractivity contribution in [3.8, 4) is 0 Å². The molecule has 1 spiro atoms. The summed E-state index contributed by atoms with van der Waals surface area (Å²) < 4.78 is 17.0. The first-order valence-corrected chi connectivity index (χ1v) is 13.1. The fourth-order valence-corrected chi connectivity index (χ4v) is 9.32. The average Bonchev–Trinajstić information content (AvgIpc) is 3.43. The summed E-state index contributed by atoms with van der Waals surface area (Å²) in [7, 11) is 1.44. The van der Waals surface area contributed by atoms with Crippen LogP contribution in [0.1, 0.15) is 85.5 Å². The Balaban J connectivity index is 1.38. The van der Waals surface area contributed by atoms with Gasteiger partial charge in [-0.1, -0.05) is 20.8 Å². The van der Waals surface area contributed by atoms with Gasteiger partial charge in [-0.15, -0.1) is 0 Å². The zero-order valence-electron chi connectivity index (χ0n) is 20.9. The number of hydrogen-bond donors (Lipinski definition) is 0. The van der Waals surface area contributed by atoms with E-state index in [1.165, 1.54) is 14.0 Å². The number of Topliss-reactive ketones (excluding diaryl/α,β-unsaturated/α-hetero) is 1. The Morgan fingerprint density at radius 3 is 2.55 bits per heavy atom. The summed E-state index contributed by atoms with van der Waals surface area (Å²) in [4.78, 5) is 37.3. The van der Waals surface area contributed by atoms with Gasteiger partial charge in [-0.25, -0.2) is 0 Å². The van der Waals surface area contributed by atoms with Crippen LogP contribution in [0.4, 0.5) is 0 Å². The van der Waals surface area contributed by atoms with E-state index in [2.05, 4.69) is 20.8 Å². The standard InChI is InChI=1S/C27H40O6/c1-15(6-11-22(29)31-5)19-9-10-20-21-8-7-17-14-18(32-16(2)28)12-13-25(17,3)27(21)24(33-27)23(30)26(19,20)4/h15,17-21,24H,6-14H2,1-5H3/t15-,17-,18-,19?,20?,21?,24-,25+,26-,27+/m1/s1. The van der Waals surface area contributed by atoms with Gasteiger partial charge in [0, 0.05) is 24.2 Å². The Morgan fingerprint density at radius 1 is 1.12 bits per heavy atom. The van der Waals surface area contributed by atoms with Crippen LogP contribution in [-0.2, 0) is 28.6 Å². The van der Waals surface area contributed by atoms with Gasteiger partial charge in [-0.3, -0.25) is 14.4 Å². The summed E-state index contributed by atoms with van der Waals surface area (Å²) in [6.07, 6.45) is 7.98. The first-order chi connectivity index (χ1) is 15.6. The van der Waals surface area contributed by atoms with E-state index in [-0.39, 0.29) is 40.6 Å². The number of fused-ring (bicyclic) bond motifs is 3. The first kappa shape index (κ1) is 23.3. The molecular formula is C27H40O6. The van der Waals surface area contributed by atoms with Gasteiger partial charge < -0.3 is 14.2 Å². The number of esters is 2. The number of epoxide rings is 1. The Hall–Kier alpha value is -1.43. The summed E-state index contributed by atoms with van der Waals surface area (Å²) in [6.45, 7) is 8.27. The topological polar surface area (TPSA) is 82.2 Å². The van der Waals surface area contributed by atoms with Crippen molar-refractivity contribution in [2.45, 2.75) is 103 Å². The second-order valence-electron chi connectivity index (χ2n) is 12.1. The number of ketones is 1. The smallest absolute Gasteiger partial charge is 0.305 e. The molecule has 10 atom stereocenters. The van der Waals surface area contributed by atoms with Gasteiger partial charge in [0.15, 0.2) is 5.78 Å². The third kappa shape index (κ3) is 3.11. The van der Waals surface area contributed by atoms with Gasteiger partial charge in [0.25, 0.3) is 0 Å². The summed E-state index contributed by atoms with van der Waals surface area (Å²) in [6, 6.07) is 0. The lowest BCUT2D eigenvalue weighted by atomic mass is 9.43. The molecule has 1 heterocycles. The van der Waals surface area contributed by atoms with Crippen LogP contribution in [0.15, 0.2) is 0 Å². The monoisotopic (exact) mass is 460 g/mol. The van der Waals surface area contributed by atoms with E-state index in [4.69, 9.17) is 14.2 Å². The fraction of sp³-hybridized carbons (Fsp3) is 0.889. The van der Waals surface area contributed by atoms with Gasteiger partial charge in [-0.05, 0) is 81.0 Å². The maximum atomic E-state index is 14.1. The second kappa shape index (κ2) is 7.79. The fourth-order valence-electron chi connectivity index (χ4n) is 9.32. The SMILES string of the molecule is COC(=O)CC[C@@H](C)C1CCC2C3CC[C@@H]4C[C@H](OC(C)=O)CC[C@]4(C)[C@]34O[C@@H]4C(=O)[C@@]21C. The highest BCUT2D eigenvalue weighted by atomic mass is 16.6. The molecule has 0 bridgehead atoms. The Morgan fingerprint density at radius 2 is 1.85 bits per heavy atom. The minimum Gasteiger partial charge on any atom is -0.469 e. The number of rotatable bonds is 5. The van der Waals surface area contributed by atoms with Crippen LogP contribution in [0, 0.1) is 40.4 Å². The lowest BCUT2D eigenvalue weighted by Crippen LogP contribution is -2.63. The van der Waals surface area contributed by atoms with Crippen LogP contribution in [0.2, 0.25) is 0 Å². The van der Waals surface area contributed by atoms with Crippen molar-refractivity contribution in [1.82, 2.24) is 0 Å². The molecule has 3 unspecified atom stereocenters. The molecule has 0 aromatic carbocycles. The van der Waals surface area contributed by atoms with Gasteiger partial charge in [0.1, 0.15) is 17.8 Å². The van der Waals surface area contributed by atoms with Crippen LogP contribution in [-0.4, -0.2) is 42.6 Å². The van der Waals surface area contributed by atoms with E-state index in [1.807, 2.05) is 0 Å². The predicted octanol–water partition coefficient (Wildman–Crippen LogP) is 4.48. The van der Waals surface area contributed by atoms with Crippen molar-refractivity contribution in [3.05, 3.63) is 0 Å². The van der Waals surface area contributed by atoms with Crippen molar-refractivity contribution in [3.63, 3.8) is 0 Å². The lowest BCUT2D eigenvalue weighted by Gasteiger charge is -2.58. The molecule has 5 aliphatic rings. The molecule has 0 aromatic heterocycles. The maximum Gasteiger partial charge on any atom is 0.305 e. The molecule has 1 saturated heterocycles. The van der Waals surface area contributed by atoms with Crippen molar-refractivity contribution in [1.29, 1.82) is 0 Å².